The minimum atomic E-state index is -0.958. The molecular weight excluding hydrogens is 208 g/mol. The van der Waals surface area contributed by atoms with Crippen molar-refractivity contribution in [3.63, 3.8) is 0 Å². The zero-order chi connectivity index (χ0) is 12.6. The summed E-state index contributed by atoms with van der Waals surface area (Å²) in [5.74, 6) is -0.484. The van der Waals surface area contributed by atoms with Crippen molar-refractivity contribution in [3.05, 3.63) is 0 Å². The molecule has 1 amide bonds. The molecule has 0 spiro atoms. The lowest BCUT2D eigenvalue weighted by molar-refractivity contribution is -0.136. The Labute approximate surface area is 96.6 Å². The Morgan fingerprint density at radius 1 is 1.12 bits per heavy atom. The molecule has 0 saturated carbocycles. The number of carboxylic acid groups (broad SMARTS) is 1. The van der Waals surface area contributed by atoms with E-state index in [1.54, 1.807) is 0 Å². The fourth-order valence-corrected chi connectivity index (χ4v) is 1.26. The molecule has 0 fully saturated rings. The lowest BCUT2D eigenvalue weighted by atomic mass is 10.0. The van der Waals surface area contributed by atoms with E-state index in [4.69, 9.17) is 5.11 Å². The molecule has 1 unspecified atom stereocenters. The zero-order valence-electron chi connectivity index (χ0n) is 10.2. The molecule has 0 bridgehead atoms. The van der Waals surface area contributed by atoms with Crippen LogP contribution in [0.3, 0.4) is 0 Å². The fourth-order valence-electron chi connectivity index (χ4n) is 1.26. The highest BCUT2D eigenvalue weighted by molar-refractivity contribution is 5.79. The largest absolute Gasteiger partial charge is 0.480 e. The molecule has 0 aromatic carbocycles. The van der Waals surface area contributed by atoms with Crippen LogP contribution >= 0.6 is 0 Å². The number of hydrogen-bond donors (Lipinski definition) is 3. The van der Waals surface area contributed by atoms with Gasteiger partial charge >= 0.3 is 5.97 Å². The van der Waals surface area contributed by atoms with Crippen LogP contribution in [0.5, 0.6) is 0 Å². The topological polar surface area (TPSA) is 78.4 Å². The standard InChI is InChI=1S/C11H22N2O3/c1-8(2)4-5-9(3)13-10(14)6-12-7-11(15)16/h8-9,12H,4-7H2,1-3H3,(H,13,14)(H,15,16). The van der Waals surface area contributed by atoms with Crippen molar-refractivity contribution in [1.29, 1.82) is 0 Å². The van der Waals surface area contributed by atoms with Gasteiger partial charge in [0.2, 0.25) is 5.91 Å². The van der Waals surface area contributed by atoms with Crippen LogP contribution in [0.1, 0.15) is 33.6 Å². The van der Waals surface area contributed by atoms with Gasteiger partial charge in [-0.2, -0.15) is 0 Å². The SMILES string of the molecule is CC(C)CCC(C)NC(=O)CNCC(=O)O. The molecule has 0 aromatic heterocycles. The minimum Gasteiger partial charge on any atom is -0.480 e. The van der Waals surface area contributed by atoms with Gasteiger partial charge in [0.05, 0.1) is 13.1 Å². The van der Waals surface area contributed by atoms with Crippen LogP contribution in [0.2, 0.25) is 0 Å². The Kier molecular flexibility index (Phi) is 7.54. The third kappa shape index (κ3) is 9.45. The molecule has 5 heteroatoms. The summed E-state index contributed by atoms with van der Waals surface area (Å²) < 4.78 is 0. The maximum Gasteiger partial charge on any atom is 0.317 e. The van der Waals surface area contributed by atoms with Gasteiger partial charge in [0.1, 0.15) is 0 Å². The molecule has 3 N–H and O–H groups in total. The predicted molar refractivity (Wildman–Crippen MR) is 62.2 cm³/mol. The summed E-state index contributed by atoms with van der Waals surface area (Å²) in [6.07, 6.45) is 2.02. The number of carboxylic acids is 1. The first-order valence-electron chi connectivity index (χ1n) is 5.63. The van der Waals surface area contributed by atoms with Crippen LogP contribution in [-0.2, 0) is 9.59 Å². The summed E-state index contributed by atoms with van der Waals surface area (Å²) in [4.78, 5) is 21.5. The number of amides is 1. The average Bonchev–Trinajstić information content (AvgIpc) is 2.14. The second-order valence-electron chi connectivity index (χ2n) is 4.44. The second-order valence-corrected chi connectivity index (χ2v) is 4.44. The van der Waals surface area contributed by atoms with Crippen molar-refractivity contribution in [2.75, 3.05) is 13.1 Å². The Hall–Kier alpha value is -1.10. The number of carbonyl (C=O) groups is 2. The van der Waals surface area contributed by atoms with Crippen LogP contribution in [0.4, 0.5) is 0 Å². The smallest absolute Gasteiger partial charge is 0.317 e. The molecule has 0 aromatic rings. The van der Waals surface area contributed by atoms with Crippen molar-refractivity contribution in [1.82, 2.24) is 10.6 Å². The molecule has 0 aliphatic carbocycles. The average molecular weight is 230 g/mol. The van der Waals surface area contributed by atoms with Crippen LogP contribution in [0.25, 0.3) is 0 Å². The molecule has 0 radical (unpaired) electrons. The number of rotatable bonds is 8. The van der Waals surface area contributed by atoms with Crippen LogP contribution < -0.4 is 10.6 Å². The minimum absolute atomic E-state index is 0.0539. The van der Waals surface area contributed by atoms with Gasteiger partial charge < -0.3 is 10.4 Å². The molecule has 94 valence electrons. The molecule has 16 heavy (non-hydrogen) atoms. The van der Waals surface area contributed by atoms with Crippen molar-refractivity contribution in [2.45, 2.75) is 39.7 Å². The van der Waals surface area contributed by atoms with E-state index in [0.29, 0.717) is 5.92 Å². The van der Waals surface area contributed by atoms with Crippen LogP contribution in [0.15, 0.2) is 0 Å². The van der Waals surface area contributed by atoms with E-state index >= 15 is 0 Å². The van der Waals surface area contributed by atoms with Crippen molar-refractivity contribution >= 4 is 11.9 Å². The molecule has 0 rings (SSSR count). The van der Waals surface area contributed by atoms with Gasteiger partial charge in [0.15, 0.2) is 0 Å². The van der Waals surface area contributed by atoms with Gasteiger partial charge in [-0.05, 0) is 25.7 Å². The summed E-state index contributed by atoms with van der Waals surface area (Å²) in [7, 11) is 0. The molecule has 0 aliphatic rings. The first-order valence-corrected chi connectivity index (χ1v) is 5.63. The quantitative estimate of drug-likeness (QED) is 0.570. The van der Waals surface area contributed by atoms with Gasteiger partial charge in [-0.3, -0.25) is 14.9 Å². The molecule has 0 aliphatic heterocycles. The summed E-state index contributed by atoms with van der Waals surface area (Å²) in [5, 5.41) is 13.7. The third-order valence-electron chi connectivity index (χ3n) is 2.15. The van der Waals surface area contributed by atoms with Crippen LogP contribution in [0, 0.1) is 5.92 Å². The Bertz CT molecular complexity index is 229. The maximum atomic E-state index is 11.3. The van der Waals surface area contributed by atoms with Crippen molar-refractivity contribution in [3.8, 4) is 0 Å². The number of hydrogen-bond acceptors (Lipinski definition) is 3. The van der Waals surface area contributed by atoms with Gasteiger partial charge in [0, 0.05) is 6.04 Å². The highest BCUT2D eigenvalue weighted by Gasteiger charge is 2.08. The van der Waals surface area contributed by atoms with E-state index in [1.807, 2.05) is 6.92 Å². The third-order valence-corrected chi connectivity index (χ3v) is 2.15. The van der Waals surface area contributed by atoms with E-state index in [0.717, 1.165) is 12.8 Å². The first-order chi connectivity index (χ1) is 7.41. The number of nitrogens with one attached hydrogen (secondary N) is 2. The van der Waals surface area contributed by atoms with Crippen LogP contribution in [-0.4, -0.2) is 36.1 Å². The zero-order valence-corrected chi connectivity index (χ0v) is 10.2. The lowest BCUT2D eigenvalue weighted by Crippen LogP contribution is -2.40. The van der Waals surface area contributed by atoms with E-state index in [1.165, 1.54) is 0 Å². The summed E-state index contributed by atoms with van der Waals surface area (Å²) in [6.45, 7) is 6.11. The lowest BCUT2D eigenvalue weighted by Gasteiger charge is -2.15. The van der Waals surface area contributed by atoms with Gasteiger partial charge in [-0.25, -0.2) is 0 Å². The van der Waals surface area contributed by atoms with E-state index in [9.17, 15) is 9.59 Å². The second kappa shape index (κ2) is 8.10. The summed E-state index contributed by atoms with van der Waals surface area (Å²) in [6, 6.07) is 0.140. The predicted octanol–water partition coefficient (Wildman–Crippen LogP) is 0.602. The normalized spacial score (nSPS) is 12.5. The van der Waals surface area contributed by atoms with E-state index < -0.39 is 5.97 Å². The fraction of sp³-hybridized carbons (Fsp3) is 0.818. The highest BCUT2D eigenvalue weighted by atomic mass is 16.4. The first kappa shape index (κ1) is 14.9. The van der Waals surface area contributed by atoms with E-state index in [-0.39, 0.29) is 25.0 Å². The van der Waals surface area contributed by atoms with Gasteiger partial charge in [-0.1, -0.05) is 13.8 Å². The Balaban J connectivity index is 3.58. The van der Waals surface area contributed by atoms with Crippen molar-refractivity contribution < 1.29 is 14.7 Å². The number of aliphatic carboxylic acids is 1. The summed E-state index contributed by atoms with van der Waals surface area (Å²) >= 11 is 0. The van der Waals surface area contributed by atoms with Crippen molar-refractivity contribution in [2.24, 2.45) is 5.92 Å². The Morgan fingerprint density at radius 3 is 2.25 bits per heavy atom. The molecular formula is C11H22N2O3. The molecule has 0 heterocycles. The molecule has 5 nitrogen and oxygen atoms in total. The highest BCUT2D eigenvalue weighted by Crippen LogP contribution is 2.05. The number of carbonyl (C=O) groups excluding carboxylic acids is 1. The maximum absolute atomic E-state index is 11.3. The monoisotopic (exact) mass is 230 g/mol. The Morgan fingerprint density at radius 2 is 1.75 bits per heavy atom. The molecule has 1 atom stereocenters. The van der Waals surface area contributed by atoms with E-state index in [2.05, 4.69) is 24.5 Å². The van der Waals surface area contributed by atoms with Gasteiger partial charge in [-0.15, -0.1) is 0 Å². The molecule has 0 saturated heterocycles. The van der Waals surface area contributed by atoms with Gasteiger partial charge in [0.25, 0.3) is 0 Å². The summed E-state index contributed by atoms with van der Waals surface area (Å²) in [5.41, 5.74) is 0.